The first-order valence-electron chi connectivity index (χ1n) is 7.89. The monoisotopic (exact) mass is 292 g/mol. The Balaban J connectivity index is 1.82. The van der Waals surface area contributed by atoms with E-state index < -0.39 is 0 Å². The largest absolute Gasteiger partial charge is 0.316 e. The molecule has 0 aliphatic carbocycles. The Morgan fingerprint density at radius 3 is 2.55 bits per heavy atom. The van der Waals surface area contributed by atoms with Crippen LogP contribution in [0.4, 0.5) is 0 Å². The lowest BCUT2D eigenvalue weighted by Gasteiger charge is -2.26. The number of hydrogen-bond donors (Lipinski definition) is 1. The highest BCUT2D eigenvalue weighted by atomic mass is 32.2. The summed E-state index contributed by atoms with van der Waals surface area (Å²) in [4.78, 5) is 2.57. The van der Waals surface area contributed by atoms with Gasteiger partial charge in [-0.2, -0.15) is 11.8 Å². The van der Waals surface area contributed by atoms with Crippen molar-refractivity contribution in [3.63, 3.8) is 0 Å². The van der Waals surface area contributed by atoms with Gasteiger partial charge in [0.25, 0.3) is 0 Å². The summed E-state index contributed by atoms with van der Waals surface area (Å²) in [7, 11) is 0. The third-order valence-electron chi connectivity index (χ3n) is 3.94. The van der Waals surface area contributed by atoms with E-state index in [0.717, 1.165) is 19.6 Å². The molecule has 1 atom stereocenters. The highest BCUT2D eigenvalue weighted by Crippen LogP contribution is 2.17. The Bertz CT molecular complexity index is 371. The third-order valence-corrected chi connectivity index (χ3v) is 4.88. The van der Waals surface area contributed by atoms with Gasteiger partial charge >= 0.3 is 0 Å². The molecule has 0 spiro atoms. The molecule has 2 rings (SSSR count). The molecule has 1 heterocycles. The van der Waals surface area contributed by atoms with E-state index >= 15 is 0 Å². The van der Waals surface area contributed by atoms with E-state index in [9.17, 15) is 0 Å². The minimum absolute atomic E-state index is 0.599. The predicted molar refractivity (Wildman–Crippen MR) is 90.6 cm³/mol. The molecule has 1 aromatic carbocycles. The molecule has 1 aliphatic rings. The van der Waals surface area contributed by atoms with E-state index in [4.69, 9.17) is 0 Å². The zero-order chi connectivity index (χ0) is 14.2. The molecule has 1 N–H and O–H groups in total. The van der Waals surface area contributed by atoms with Gasteiger partial charge in [0.1, 0.15) is 0 Å². The van der Waals surface area contributed by atoms with Crippen molar-refractivity contribution in [2.75, 3.05) is 37.7 Å². The number of thioether (sulfide) groups is 1. The molecule has 3 heteroatoms. The van der Waals surface area contributed by atoms with E-state index in [-0.39, 0.29) is 0 Å². The first kappa shape index (κ1) is 15.9. The fourth-order valence-corrected chi connectivity index (χ4v) is 3.56. The molecule has 1 unspecified atom stereocenters. The molecule has 112 valence electrons. The Kier molecular flexibility index (Phi) is 6.91. The van der Waals surface area contributed by atoms with Crippen molar-refractivity contribution in [3.8, 4) is 0 Å². The standard InChI is InChI=1S/C17H28N2S/c1-3-8-18-13-15(2)17-6-4-16(5-7-17)14-19-9-11-20-12-10-19/h4-7,15,18H,3,8-14H2,1-2H3. The van der Waals surface area contributed by atoms with Crippen LogP contribution in [0.25, 0.3) is 0 Å². The van der Waals surface area contributed by atoms with Gasteiger partial charge in [-0.15, -0.1) is 0 Å². The maximum Gasteiger partial charge on any atom is 0.0234 e. The second-order valence-corrected chi connectivity index (χ2v) is 6.96. The molecule has 0 saturated carbocycles. The van der Waals surface area contributed by atoms with Gasteiger partial charge < -0.3 is 5.32 Å². The summed E-state index contributed by atoms with van der Waals surface area (Å²) in [6.45, 7) is 10.3. The van der Waals surface area contributed by atoms with Gasteiger partial charge in [-0.3, -0.25) is 4.90 Å². The zero-order valence-electron chi connectivity index (χ0n) is 12.9. The third kappa shape index (κ3) is 5.12. The number of rotatable bonds is 7. The van der Waals surface area contributed by atoms with Crippen molar-refractivity contribution < 1.29 is 0 Å². The molecule has 20 heavy (non-hydrogen) atoms. The maximum atomic E-state index is 3.50. The summed E-state index contributed by atoms with van der Waals surface area (Å²) in [6.07, 6.45) is 1.21. The SMILES string of the molecule is CCCNCC(C)c1ccc(CN2CCSCC2)cc1. The van der Waals surface area contributed by atoms with Crippen LogP contribution >= 0.6 is 11.8 Å². The van der Waals surface area contributed by atoms with E-state index in [1.165, 1.54) is 42.1 Å². The van der Waals surface area contributed by atoms with Crippen molar-refractivity contribution in [2.45, 2.75) is 32.7 Å². The van der Waals surface area contributed by atoms with Gasteiger partial charge in [0, 0.05) is 37.7 Å². The summed E-state index contributed by atoms with van der Waals surface area (Å²) < 4.78 is 0. The van der Waals surface area contributed by atoms with Crippen LogP contribution in [0.1, 0.15) is 37.3 Å². The summed E-state index contributed by atoms with van der Waals surface area (Å²) >= 11 is 2.08. The van der Waals surface area contributed by atoms with E-state index in [1.807, 2.05) is 0 Å². The van der Waals surface area contributed by atoms with Crippen LogP contribution in [0.5, 0.6) is 0 Å². The molecule has 0 amide bonds. The first-order chi connectivity index (χ1) is 9.79. The van der Waals surface area contributed by atoms with Crippen molar-refractivity contribution in [2.24, 2.45) is 0 Å². The Hall–Kier alpha value is -0.510. The number of hydrogen-bond acceptors (Lipinski definition) is 3. The fraction of sp³-hybridized carbons (Fsp3) is 0.647. The van der Waals surface area contributed by atoms with Crippen LogP contribution in [0.15, 0.2) is 24.3 Å². The van der Waals surface area contributed by atoms with Crippen molar-refractivity contribution in [3.05, 3.63) is 35.4 Å². The molecule has 1 fully saturated rings. The molecule has 1 aliphatic heterocycles. The van der Waals surface area contributed by atoms with Crippen molar-refractivity contribution in [1.82, 2.24) is 10.2 Å². The summed E-state index contributed by atoms with van der Waals surface area (Å²) in [5.74, 6) is 3.18. The van der Waals surface area contributed by atoms with Crippen LogP contribution in [-0.2, 0) is 6.54 Å². The summed E-state index contributed by atoms with van der Waals surface area (Å²) in [6, 6.07) is 9.25. The van der Waals surface area contributed by atoms with Gasteiger partial charge in [-0.25, -0.2) is 0 Å². The molecule has 1 saturated heterocycles. The van der Waals surface area contributed by atoms with Crippen LogP contribution in [-0.4, -0.2) is 42.6 Å². The molecule has 2 nitrogen and oxygen atoms in total. The maximum absolute atomic E-state index is 3.50. The average molecular weight is 292 g/mol. The molecule has 0 aromatic heterocycles. The second kappa shape index (κ2) is 8.71. The molecular weight excluding hydrogens is 264 g/mol. The zero-order valence-corrected chi connectivity index (χ0v) is 13.7. The topological polar surface area (TPSA) is 15.3 Å². The fourth-order valence-electron chi connectivity index (χ4n) is 2.58. The van der Waals surface area contributed by atoms with E-state index in [2.05, 4.69) is 60.1 Å². The van der Waals surface area contributed by atoms with Crippen LogP contribution < -0.4 is 5.32 Å². The molecule has 1 aromatic rings. The van der Waals surface area contributed by atoms with Crippen LogP contribution in [0, 0.1) is 0 Å². The van der Waals surface area contributed by atoms with Crippen LogP contribution in [0.2, 0.25) is 0 Å². The number of benzene rings is 1. The van der Waals surface area contributed by atoms with Gasteiger partial charge in [0.2, 0.25) is 0 Å². The Morgan fingerprint density at radius 1 is 1.20 bits per heavy atom. The van der Waals surface area contributed by atoms with Gasteiger partial charge in [0.15, 0.2) is 0 Å². The number of nitrogens with zero attached hydrogens (tertiary/aromatic N) is 1. The number of nitrogens with one attached hydrogen (secondary N) is 1. The minimum atomic E-state index is 0.599. The highest BCUT2D eigenvalue weighted by Gasteiger charge is 2.11. The highest BCUT2D eigenvalue weighted by molar-refractivity contribution is 7.99. The lowest BCUT2D eigenvalue weighted by Crippen LogP contribution is -2.31. The van der Waals surface area contributed by atoms with E-state index in [1.54, 1.807) is 0 Å². The van der Waals surface area contributed by atoms with Gasteiger partial charge in [-0.05, 0) is 30.0 Å². The lowest BCUT2D eigenvalue weighted by atomic mass is 9.99. The quantitative estimate of drug-likeness (QED) is 0.776. The molecule has 0 bridgehead atoms. The smallest absolute Gasteiger partial charge is 0.0234 e. The van der Waals surface area contributed by atoms with Gasteiger partial charge in [-0.1, -0.05) is 38.1 Å². The first-order valence-corrected chi connectivity index (χ1v) is 9.04. The van der Waals surface area contributed by atoms with Crippen molar-refractivity contribution in [1.29, 1.82) is 0 Å². The normalized spacial score (nSPS) is 18.1. The molecule has 0 radical (unpaired) electrons. The second-order valence-electron chi connectivity index (χ2n) is 5.74. The predicted octanol–water partition coefficient (Wildman–Crippen LogP) is 3.34. The summed E-state index contributed by atoms with van der Waals surface area (Å²) in [5.41, 5.74) is 2.90. The lowest BCUT2D eigenvalue weighted by molar-refractivity contribution is 0.294. The Morgan fingerprint density at radius 2 is 1.90 bits per heavy atom. The van der Waals surface area contributed by atoms with Crippen LogP contribution in [0.3, 0.4) is 0 Å². The minimum Gasteiger partial charge on any atom is -0.316 e. The average Bonchev–Trinajstić information content (AvgIpc) is 2.49. The Labute approximate surface area is 128 Å². The van der Waals surface area contributed by atoms with E-state index in [0.29, 0.717) is 5.92 Å². The molecular formula is C17H28N2S. The van der Waals surface area contributed by atoms with Crippen molar-refractivity contribution >= 4 is 11.8 Å². The summed E-state index contributed by atoms with van der Waals surface area (Å²) in [5, 5.41) is 3.50. The van der Waals surface area contributed by atoms with Gasteiger partial charge in [0.05, 0.1) is 0 Å².